The normalized spacial score (nSPS) is 10.6. The lowest BCUT2D eigenvalue weighted by Crippen LogP contribution is -2.06. The van der Waals surface area contributed by atoms with Crippen molar-refractivity contribution in [2.45, 2.75) is 6.54 Å². The molecule has 0 atom stereocenters. The fourth-order valence-corrected chi connectivity index (χ4v) is 1.91. The molecular weight excluding hydrogens is 260 g/mol. The summed E-state index contributed by atoms with van der Waals surface area (Å²) < 4.78 is 17.4. The van der Waals surface area contributed by atoms with Gasteiger partial charge in [-0.25, -0.2) is 0 Å². The Kier molecular flexibility index (Phi) is 4.41. The van der Waals surface area contributed by atoms with E-state index in [4.69, 9.17) is 19.9 Å². The van der Waals surface area contributed by atoms with Crippen LogP contribution in [0, 0.1) is 0 Å². The van der Waals surface area contributed by atoms with E-state index < -0.39 is 0 Å². The number of ether oxygens (including phenoxy) is 3. The molecule has 0 saturated carbocycles. The second-order valence-electron chi connectivity index (χ2n) is 4.14. The van der Waals surface area contributed by atoms with Crippen LogP contribution in [-0.4, -0.2) is 42.7 Å². The summed E-state index contributed by atoms with van der Waals surface area (Å²) >= 11 is 0. The molecule has 1 aromatic carbocycles. The van der Waals surface area contributed by atoms with Crippen molar-refractivity contribution in [1.82, 2.24) is 14.8 Å². The number of nitrogens with zero attached hydrogens (tertiary/aromatic N) is 3. The zero-order valence-electron chi connectivity index (χ0n) is 11.8. The molecule has 1 aromatic heterocycles. The Morgan fingerprint density at radius 3 is 2.50 bits per heavy atom. The minimum atomic E-state index is 0.550. The molecule has 0 aliphatic carbocycles. The van der Waals surface area contributed by atoms with Gasteiger partial charge in [0, 0.05) is 31.0 Å². The van der Waals surface area contributed by atoms with Gasteiger partial charge in [0.1, 0.15) is 6.33 Å². The highest BCUT2D eigenvalue weighted by Crippen LogP contribution is 2.36. The molecule has 0 spiro atoms. The Labute approximate surface area is 117 Å². The van der Waals surface area contributed by atoms with Crippen LogP contribution in [0.2, 0.25) is 0 Å². The molecule has 7 heteroatoms. The summed E-state index contributed by atoms with van der Waals surface area (Å²) in [5.74, 6) is 1.84. The number of nitrogen functional groups attached to an aromatic ring is 1. The van der Waals surface area contributed by atoms with Gasteiger partial charge in [0.15, 0.2) is 17.3 Å². The Morgan fingerprint density at radius 1 is 1.15 bits per heavy atom. The van der Waals surface area contributed by atoms with Crippen molar-refractivity contribution >= 4 is 5.69 Å². The van der Waals surface area contributed by atoms with Crippen molar-refractivity contribution in [3.63, 3.8) is 0 Å². The zero-order chi connectivity index (χ0) is 14.5. The van der Waals surface area contributed by atoms with Crippen molar-refractivity contribution in [3.8, 4) is 22.9 Å². The SMILES string of the molecule is COCCn1cnnc1-c1cc(OC)c(OC)cc1N. The van der Waals surface area contributed by atoms with Crippen molar-refractivity contribution in [1.29, 1.82) is 0 Å². The van der Waals surface area contributed by atoms with Gasteiger partial charge in [0.2, 0.25) is 0 Å². The van der Waals surface area contributed by atoms with E-state index in [1.165, 1.54) is 0 Å². The van der Waals surface area contributed by atoms with E-state index in [1.807, 2.05) is 4.57 Å². The summed E-state index contributed by atoms with van der Waals surface area (Å²) in [6.07, 6.45) is 1.64. The van der Waals surface area contributed by atoms with E-state index in [1.54, 1.807) is 39.8 Å². The van der Waals surface area contributed by atoms with E-state index in [0.29, 0.717) is 36.2 Å². The van der Waals surface area contributed by atoms with Crippen LogP contribution in [-0.2, 0) is 11.3 Å². The number of hydrogen-bond donors (Lipinski definition) is 1. The van der Waals surface area contributed by atoms with Gasteiger partial charge in [0.25, 0.3) is 0 Å². The van der Waals surface area contributed by atoms with Crippen LogP contribution in [0.4, 0.5) is 5.69 Å². The van der Waals surface area contributed by atoms with Gasteiger partial charge in [-0.05, 0) is 6.07 Å². The van der Waals surface area contributed by atoms with Crippen LogP contribution in [0.5, 0.6) is 11.5 Å². The van der Waals surface area contributed by atoms with Crippen molar-refractivity contribution in [3.05, 3.63) is 18.5 Å². The maximum absolute atomic E-state index is 6.06. The number of methoxy groups -OCH3 is 3. The van der Waals surface area contributed by atoms with E-state index in [-0.39, 0.29) is 0 Å². The lowest BCUT2D eigenvalue weighted by Gasteiger charge is -2.13. The largest absolute Gasteiger partial charge is 0.493 e. The fraction of sp³-hybridized carbons (Fsp3) is 0.385. The zero-order valence-corrected chi connectivity index (χ0v) is 11.8. The van der Waals surface area contributed by atoms with E-state index >= 15 is 0 Å². The summed E-state index contributed by atoms with van der Waals surface area (Å²) in [4.78, 5) is 0. The molecule has 0 unspecified atom stereocenters. The lowest BCUT2D eigenvalue weighted by atomic mass is 10.1. The second kappa shape index (κ2) is 6.25. The van der Waals surface area contributed by atoms with Gasteiger partial charge in [-0.3, -0.25) is 0 Å². The van der Waals surface area contributed by atoms with Crippen LogP contribution in [0.3, 0.4) is 0 Å². The molecule has 0 fully saturated rings. The van der Waals surface area contributed by atoms with E-state index in [9.17, 15) is 0 Å². The van der Waals surface area contributed by atoms with Gasteiger partial charge in [-0.2, -0.15) is 0 Å². The average Bonchev–Trinajstić information content (AvgIpc) is 2.92. The van der Waals surface area contributed by atoms with Crippen LogP contribution in [0.15, 0.2) is 18.5 Å². The second-order valence-corrected chi connectivity index (χ2v) is 4.14. The number of nitrogens with two attached hydrogens (primary N) is 1. The molecule has 0 saturated heterocycles. The Morgan fingerprint density at radius 2 is 1.85 bits per heavy atom. The number of anilines is 1. The molecule has 20 heavy (non-hydrogen) atoms. The Balaban J connectivity index is 2.44. The van der Waals surface area contributed by atoms with Gasteiger partial charge < -0.3 is 24.5 Å². The van der Waals surface area contributed by atoms with Gasteiger partial charge in [-0.1, -0.05) is 0 Å². The predicted octanol–water partition coefficient (Wildman–Crippen LogP) is 1.19. The van der Waals surface area contributed by atoms with Crippen LogP contribution >= 0.6 is 0 Å². The first kappa shape index (κ1) is 14.1. The van der Waals surface area contributed by atoms with Crippen LogP contribution < -0.4 is 15.2 Å². The number of hydrogen-bond acceptors (Lipinski definition) is 6. The summed E-state index contributed by atoms with van der Waals surface area (Å²) in [6, 6.07) is 3.50. The highest BCUT2D eigenvalue weighted by atomic mass is 16.5. The molecule has 0 amide bonds. The molecule has 7 nitrogen and oxygen atoms in total. The van der Waals surface area contributed by atoms with E-state index in [2.05, 4.69) is 10.2 Å². The maximum Gasteiger partial charge on any atom is 0.166 e. The molecule has 0 bridgehead atoms. The topological polar surface area (TPSA) is 84.4 Å². The Bertz CT molecular complexity index is 583. The first-order chi connectivity index (χ1) is 9.71. The van der Waals surface area contributed by atoms with Crippen LogP contribution in [0.1, 0.15) is 0 Å². The van der Waals surface area contributed by atoms with Crippen molar-refractivity contribution in [2.24, 2.45) is 0 Å². The number of rotatable bonds is 6. The highest BCUT2D eigenvalue weighted by Gasteiger charge is 2.15. The quantitative estimate of drug-likeness (QED) is 0.799. The number of benzene rings is 1. The molecule has 2 N–H and O–H groups in total. The molecule has 0 aliphatic rings. The molecule has 2 aromatic rings. The van der Waals surface area contributed by atoms with Crippen LogP contribution in [0.25, 0.3) is 11.4 Å². The smallest absolute Gasteiger partial charge is 0.166 e. The monoisotopic (exact) mass is 278 g/mol. The number of aromatic nitrogens is 3. The van der Waals surface area contributed by atoms with Gasteiger partial charge >= 0.3 is 0 Å². The minimum Gasteiger partial charge on any atom is -0.493 e. The third-order valence-electron chi connectivity index (χ3n) is 2.95. The van der Waals surface area contributed by atoms with Gasteiger partial charge in [0.05, 0.1) is 20.8 Å². The molecule has 108 valence electrons. The summed E-state index contributed by atoms with van der Waals surface area (Å²) in [6.45, 7) is 1.21. The van der Waals surface area contributed by atoms with Crippen molar-refractivity contribution in [2.75, 3.05) is 33.7 Å². The molecule has 0 aliphatic heterocycles. The third-order valence-corrected chi connectivity index (χ3v) is 2.95. The van der Waals surface area contributed by atoms with E-state index in [0.717, 1.165) is 5.56 Å². The Hall–Kier alpha value is -2.28. The summed E-state index contributed by atoms with van der Waals surface area (Å²) in [5, 5.41) is 8.03. The molecule has 1 heterocycles. The first-order valence-corrected chi connectivity index (χ1v) is 6.09. The third kappa shape index (κ3) is 2.67. The predicted molar refractivity (Wildman–Crippen MR) is 74.9 cm³/mol. The standard InChI is InChI=1S/C13H18N4O3/c1-18-5-4-17-8-15-16-13(17)9-6-11(19-2)12(20-3)7-10(9)14/h6-8H,4-5,14H2,1-3H3. The minimum absolute atomic E-state index is 0.550. The summed E-state index contributed by atoms with van der Waals surface area (Å²) in [7, 11) is 4.79. The fourth-order valence-electron chi connectivity index (χ4n) is 1.91. The summed E-state index contributed by atoms with van der Waals surface area (Å²) in [5.41, 5.74) is 7.36. The molecule has 2 rings (SSSR count). The highest BCUT2D eigenvalue weighted by molar-refractivity contribution is 5.76. The van der Waals surface area contributed by atoms with Crippen molar-refractivity contribution < 1.29 is 14.2 Å². The van der Waals surface area contributed by atoms with Gasteiger partial charge in [-0.15, -0.1) is 10.2 Å². The molecule has 0 radical (unpaired) electrons. The first-order valence-electron chi connectivity index (χ1n) is 6.09. The lowest BCUT2D eigenvalue weighted by molar-refractivity contribution is 0.187. The molecular formula is C13H18N4O3. The maximum atomic E-state index is 6.06. The average molecular weight is 278 g/mol.